The highest BCUT2D eigenvalue weighted by molar-refractivity contribution is 9.10. The van der Waals surface area contributed by atoms with Crippen LogP contribution in [0.3, 0.4) is 0 Å². The van der Waals surface area contributed by atoms with Crippen LogP contribution in [0.2, 0.25) is 0 Å². The third kappa shape index (κ3) is 9.08. The number of esters is 1. The summed E-state index contributed by atoms with van der Waals surface area (Å²) >= 11 is 5.38. The van der Waals surface area contributed by atoms with Gasteiger partial charge in [-0.15, -0.1) is 11.8 Å². The number of unbranched alkanes of at least 4 members (excludes halogenated alkanes) is 1. The first-order valence-corrected chi connectivity index (χ1v) is 12.5. The van der Waals surface area contributed by atoms with Crippen LogP contribution in [0.25, 0.3) is 0 Å². The summed E-state index contributed by atoms with van der Waals surface area (Å²) in [6, 6.07) is 16.3. The highest BCUT2D eigenvalue weighted by atomic mass is 79.9. The lowest BCUT2D eigenvalue weighted by molar-refractivity contribution is -0.140. The average molecular weight is 507 g/mol. The number of ether oxygens (including phenoxy) is 1. The van der Waals surface area contributed by atoms with Crippen LogP contribution in [0, 0.1) is 5.92 Å². The van der Waals surface area contributed by atoms with E-state index in [-0.39, 0.29) is 24.8 Å². The van der Waals surface area contributed by atoms with Crippen molar-refractivity contribution in [2.24, 2.45) is 5.92 Å². The number of carbonyl (C=O) groups excluding carboxylic acids is 2. The van der Waals surface area contributed by atoms with Crippen LogP contribution in [0.4, 0.5) is 0 Å². The van der Waals surface area contributed by atoms with E-state index in [1.54, 1.807) is 0 Å². The number of nitrogens with one attached hydrogen (secondary N) is 1. The molecule has 0 saturated carbocycles. The summed E-state index contributed by atoms with van der Waals surface area (Å²) in [4.78, 5) is 24.8. The van der Waals surface area contributed by atoms with Crippen molar-refractivity contribution in [1.29, 1.82) is 0 Å². The van der Waals surface area contributed by atoms with E-state index in [4.69, 9.17) is 0 Å². The minimum absolute atomic E-state index is 0.169. The zero-order valence-corrected chi connectivity index (χ0v) is 20.9. The Morgan fingerprint density at radius 1 is 1.10 bits per heavy atom. The van der Waals surface area contributed by atoms with Gasteiger partial charge >= 0.3 is 5.97 Å². The first-order chi connectivity index (χ1) is 14.9. The molecule has 1 amide bonds. The van der Waals surface area contributed by atoms with E-state index in [0.717, 1.165) is 10.9 Å². The zero-order chi connectivity index (χ0) is 22.6. The quantitative estimate of drug-likeness (QED) is 0.254. The molecule has 0 aliphatic carbocycles. The van der Waals surface area contributed by atoms with Gasteiger partial charge in [0, 0.05) is 26.7 Å². The molecule has 0 heterocycles. The molecular weight excluding hydrogens is 474 g/mol. The molecule has 0 aromatic heterocycles. The highest BCUT2D eigenvalue weighted by Gasteiger charge is 2.18. The van der Waals surface area contributed by atoms with Gasteiger partial charge in [0.1, 0.15) is 0 Å². The minimum atomic E-state index is -0.333. The first kappa shape index (κ1) is 25.5. The maximum atomic E-state index is 12.3. The van der Waals surface area contributed by atoms with Crippen LogP contribution in [0.15, 0.2) is 57.9 Å². The molecule has 0 bridgehead atoms. The SMILES string of the molecule is CCCCC(C)CC(Sc1ccc(Br)cc1)c1ccc(C(=O)NCCC(=O)OC)cc1. The van der Waals surface area contributed by atoms with E-state index in [1.165, 1.54) is 36.8 Å². The maximum Gasteiger partial charge on any atom is 0.307 e. The van der Waals surface area contributed by atoms with E-state index < -0.39 is 0 Å². The lowest BCUT2D eigenvalue weighted by Crippen LogP contribution is -2.26. The fourth-order valence-corrected chi connectivity index (χ4v) is 4.90. The van der Waals surface area contributed by atoms with Gasteiger partial charge < -0.3 is 10.1 Å². The number of benzene rings is 2. The molecule has 2 atom stereocenters. The Bertz CT molecular complexity index is 824. The Balaban J connectivity index is 2.08. The van der Waals surface area contributed by atoms with Gasteiger partial charge in [0.2, 0.25) is 0 Å². The van der Waals surface area contributed by atoms with Crippen LogP contribution in [0.5, 0.6) is 0 Å². The number of thioether (sulfide) groups is 1. The lowest BCUT2D eigenvalue weighted by Gasteiger charge is -2.21. The molecule has 0 fully saturated rings. The molecule has 0 aliphatic heterocycles. The molecule has 2 aromatic carbocycles. The van der Waals surface area contributed by atoms with Crippen molar-refractivity contribution in [1.82, 2.24) is 5.32 Å². The van der Waals surface area contributed by atoms with Crippen molar-refractivity contribution in [3.63, 3.8) is 0 Å². The summed E-state index contributed by atoms with van der Waals surface area (Å²) in [7, 11) is 1.34. The van der Waals surface area contributed by atoms with Gasteiger partial charge in [-0.05, 0) is 54.3 Å². The number of carbonyl (C=O) groups is 2. The monoisotopic (exact) mass is 505 g/mol. The van der Waals surface area contributed by atoms with Crippen LogP contribution in [-0.4, -0.2) is 25.5 Å². The largest absolute Gasteiger partial charge is 0.469 e. The summed E-state index contributed by atoms with van der Waals surface area (Å²) in [5, 5.41) is 3.09. The molecule has 0 aliphatic rings. The van der Waals surface area contributed by atoms with Gasteiger partial charge in [-0.1, -0.05) is 61.2 Å². The highest BCUT2D eigenvalue weighted by Crippen LogP contribution is 2.41. The summed E-state index contributed by atoms with van der Waals surface area (Å²) in [6.07, 6.45) is 4.96. The van der Waals surface area contributed by atoms with Gasteiger partial charge in [0.15, 0.2) is 0 Å². The van der Waals surface area contributed by atoms with E-state index >= 15 is 0 Å². The maximum absolute atomic E-state index is 12.3. The van der Waals surface area contributed by atoms with E-state index in [1.807, 2.05) is 23.9 Å². The standard InChI is InChI=1S/C25H32BrNO3S/c1-4-5-6-18(2)17-23(31-22-13-11-21(26)12-14-22)19-7-9-20(10-8-19)25(29)27-16-15-24(28)30-3/h7-14,18,23H,4-6,15-17H2,1-3H3,(H,27,29). The number of amides is 1. The van der Waals surface area contributed by atoms with Crippen LogP contribution < -0.4 is 5.32 Å². The van der Waals surface area contributed by atoms with E-state index in [0.29, 0.717) is 16.7 Å². The lowest BCUT2D eigenvalue weighted by atomic mass is 9.95. The molecule has 2 unspecified atom stereocenters. The fraction of sp³-hybridized carbons (Fsp3) is 0.440. The summed E-state index contributed by atoms with van der Waals surface area (Å²) < 4.78 is 5.67. The molecule has 6 heteroatoms. The molecule has 1 N–H and O–H groups in total. The topological polar surface area (TPSA) is 55.4 Å². The molecule has 168 valence electrons. The predicted molar refractivity (Wildman–Crippen MR) is 131 cm³/mol. The van der Waals surface area contributed by atoms with Crippen LogP contribution in [-0.2, 0) is 9.53 Å². The van der Waals surface area contributed by atoms with Crippen LogP contribution >= 0.6 is 27.7 Å². The van der Waals surface area contributed by atoms with Crippen molar-refractivity contribution in [3.8, 4) is 0 Å². The second-order valence-electron chi connectivity index (χ2n) is 7.75. The third-order valence-corrected chi connectivity index (χ3v) is 6.97. The number of hydrogen-bond donors (Lipinski definition) is 1. The Kier molecular flexibility index (Phi) is 11.2. The number of rotatable bonds is 12. The van der Waals surface area contributed by atoms with Crippen molar-refractivity contribution in [3.05, 3.63) is 64.1 Å². The molecule has 0 saturated heterocycles. The number of methoxy groups -OCH3 is 1. The number of halogens is 1. The Labute approximate surface area is 198 Å². The second-order valence-corrected chi connectivity index (χ2v) is 9.94. The molecule has 2 aromatic rings. The third-order valence-electron chi connectivity index (χ3n) is 5.15. The van der Waals surface area contributed by atoms with E-state index in [9.17, 15) is 9.59 Å². The van der Waals surface area contributed by atoms with Gasteiger partial charge in [0.05, 0.1) is 13.5 Å². The summed E-state index contributed by atoms with van der Waals surface area (Å²) in [5.74, 6) is 0.124. The summed E-state index contributed by atoms with van der Waals surface area (Å²) in [6.45, 7) is 4.83. The molecule has 0 spiro atoms. The Hall–Kier alpha value is -1.79. The van der Waals surface area contributed by atoms with Crippen molar-refractivity contribution < 1.29 is 14.3 Å². The van der Waals surface area contributed by atoms with Gasteiger partial charge in [-0.2, -0.15) is 0 Å². The fourth-order valence-electron chi connectivity index (χ4n) is 3.30. The Morgan fingerprint density at radius 2 is 1.77 bits per heavy atom. The van der Waals surface area contributed by atoms with Gasteiger partial charge in [0.25, 0.3) is 5.91 Å². The first-order valence-electron chi connectivity index (χ1n) is 10.8. The van der Waals surface area contributed by atoms with Crippen molar-refractivity contribution in [2.75, 3.05) is 13.7 Å². The molecular formula is C25H32BrNO3S. The minimum Gasteiger partial charge on any atom is -0.469 e. The molecule has 31 heavy (non-hydrogen) atoms. The van der Waals surface area contributed by atoms with E-state index in [2.05, 4.69) is 76.2 Å². The Morgan fingerprint density at radius 3 is 2.39 bits per heavy atom. The average Bonchev–Trinajstić information content (AvgIpc) is 2.78. The zero-order valence-electron chi connectivity index (χ0n) is 18.5. The molecule has 2 rings (SSSR count). The van der Waals surface area contributed by atoms with Crippen molar-refractivity contribution >= 4 is 39.6 Å². The number of hydrogen-bond acceptors (Lipinski definition) is 4. The van der Waals surface area contributed by atoms with Crippen LogP contribution in [0.1, 0.15) is 67.1 Å². The molecule has 0 radical (unpaired) electrons. The molecule has 4 nitrogen and oxygen atoms in total. The smallest absolute Gasteiger partial charge is 0.307 e. The van der Waals surface area contributed by atoms with Crippen molar-refractivity contribution in [2.45, 2.75) is 56.1 Å². The van der Waals surface area contributed by atoms with Gasteiger partial charge in [-0.3, -0.25) is 9.59 Å². The second kappa shape index (κ2) is 13.6. The summed E-state index contributed by atoms with van der Waals surface area (Å²) in [5.41, 5.74) is 1.82. The van der Waals surface area contributed by atoms with Gasteiger partial charge in [-0.25, -0.2) is 0 Å². The predicted octanol–water partition coefficient (Wildman–Crippen LogP) is 6.79. The normalized spacial score (nSPS) is 12.8.